The summed E-state index contributed by atoms with van der Waals surface area (Å²) in [4.78, 5) is 22.1. The van der Waals surface area contributed by atoms with Gasteiger partial charge in [0.25, 0.3) is 0 Å². The van der Waals surface area contributed by atoms with E-state index < -0.39 is 5.97 Å². The van der Waals surface area contributed by atoms with Crippen LogP contribution in [0.15, 0.2) is 0 Å². The van der Waals surface area contributed by atoms with Crippen LogP contribution in [-0.4, -0.2) is 46.1 Å². The Balaban J connectivity index is 2.03. The first-order valence-corrected chi connectivity index (χ1v) is 4.97. The van der Waals surface area contributed by atoms with Gasteiger partial charge in [0.1, 0.15) is 6.54 Å². The second kappa shape index (κ2) is 3.57. The molecule has 14 heavy (non-hydrogen) atoms. The van der Waals surface area contributed by atoms with Crippen LogP contribution >= 0.6 is 0 Å². The molecule has 1 aliphatic carbocycles. The summed E-state index contributed by atoms with van der Waals surface area (Å²) in [5, 5.41) is 12.0. The average Bonchev–Trinajstić information content (AvgIpc) is 2.86. The lowest BCUT2D eigenvalue weighted by atomic mass is 10.2. The molecule has 2 rings (SSSR count). The van der Waals surface area contributed by atoms with E-state index in [1.54, 1.807) is 10.0 Å². The summed E-state index contributed by atoms with van der Waals surface area (Å²) in [5.74, 6) is -0.787. The molecule has 1 saturated carbocycles. The first kappa shape index (κ1) is 9.45. The molecule has 0 aromatic carbocycles. The second-order valence-electron chi connectivity index (χ2n) is 3.85. The van der Waals surface area contributed by atoms with Gasteiger partial charge in [-0.1, -0.05) is 0 Å². The van der Waals surface area contributed by atoms with Crippen LogP contribution in [-0.2, 0) is 9.59 Å². The van der Waals surface area contributed by atoms with E-state index in [0.717, 1.165) is 19.3 Å². The third-order valence-electron chi connectivity index (χ3n) is 2.58. The van der Waals surface area contributed by atoms with Crippen molar-refractivity contribution in [2.24, 2.45) is 0 Å². The van der Waals surface area contributed by atoms with Crippen LogP contribution in [0.2, 0.25) is 0 Å². The molecule has 1 saturated heterocycles. The van der Waals surface area contributed by atoms with Gasteiger partial charge < -0.3 is 5.11 Å². The number of rotatable bonds is 3. The number of carboxylic acid groups (broad SMARTS) is 1. The van der Waals surface area contributed by atoms with Crippen molar-refractivity contribution in [2.45, 2.75) is 31.7 Å². The number of hydrogen-bond acceptors (Lipinski definition) is 3. The van der Waals surface area contributed by atoms with Crippen LogP contribution in [0.4, 0.5) is 0 Å². The molecule has 5 nitrogen and oxygen atoms in total. The molecule has 1 amide bonds. The maximum absolute atomic E-state index is 11.6. The molecule has 1 heterocycles. The highest BCUT2D eigenvalue weighted by Gasteiger charge is 2.38. The lowest BCUT2D eigenvalue weighted by molar-refractivity contribution is -0.163. The van der Waals surface area contributed by atoms with Crippen molar-refractivity contribution < 1.29 is 14.7 Å². The van der Waals surface area contributed by atoms with Crippen LogP contribution in [0.5, 0.6) is 0 Å². The van der Waals surface area contributed by atoms with Crippen LogP contribution in [0, 0.1) is 0 Å². The minimum absolute atomic E-state index is 0.0533. The van der Waals surface area contributed by atoms with E-state index in [2.05, 4.69) is 0 Å². The Morgan fingerprint density at radius 2 is 2.21 bits per heavy atom. The Labute approximate surface area is 82.3 Å². The lowest BCUT2D eigenvalue weighted by Crippen LogP contribution is -2.53. The van der Waals surface area contributed by atoms with Gasteiger partial charge in [-0.15, -0.1) is 0 Å². The van der Waals surface area contributed by atoms with Crippen molar-refractivity contribution in [1.82, 2.24) is 10.0 Å². The van der Waals surface area contributed by atoms with Crippen molar-refractivity contribution in [2.75, 3.05) is 13.1 Å². The Hall–Kier alpha value is -1.10. The Kier molecular flexibility index (Phi) is 2.41. The molecule has 5 heteroatoms. The summed E-state index contributed by atoms with van der Waals surface area (Å²) >= 11 is 0. The highest BCUT2D eigenvalue weighted by molar-refractivity contribution is 5.78. The minimum Gasteiger partial charge on any atom is -0.480 e. The highest BCUT2D eigenvalue weighted by atomic mass is 16.4. The van der Waals surface area contributed by atoms with Gasteiger partial charge >= 0.3 is 5.97 Å². The molecule has 0 spiro atoms. The lowest BCUT2D eigenvalue weighted by Gasteiger charge is -2.37. The van der Waals surface area contributed by atoms with E-state index in [0.29, 0.717) is 13.0 Å². The van der Waals surface area contributed by atoms with E-state index in [1.807, 2.05) is 0 Å². The van der Waals surface area contributed by atoms with Crippen molar-refractivity contribution in [1.29, 1.82) is 0 Å². The summed E-state index contributed by atoms with van der Waals surface area (Å²) < 4.78 is 0. The first-order chi connectivity index (χ1) is 6.68. The predicted octanol–water partition coefficient (Wildman–Crippen LogP) is 0.0728. The zero-order valence-corrected chi connectivity index (χ0v) is 7.98. The fourth-order valence-corrected chi connectivity index (χ4v) is 1.86. The number of carbonyl (C=O) groups excluding carboxylic acids is 1. The second-order valence-corrected chi connectivity index (χ2v) is 3.85. The average molecular weight is 198 g/mol. The Bertz CT molecular complexity index is 263. The minimum atomic E-state index is -0.870. The van der Waals surface area contributed by atoms with Crippen molar-refractivity contribution in [3.05, 3.63) is 0 Å². The summed E-state index contributed by atoms with van der Waals surface area (Å²) in [6.45, 7) is 0.636. The molecule has 2 aliphatic rings. The zero-order chi connectivity index (χ0) is 10.1. The fraction of sp³-hybridized carbons (Fsp3) is 0.778. The maximum Gasteiger partial charge on any atom is 0.319 e. The molecular weight excluding hydrogens is 184 g/mol. The van der Waals surface area contributed by atoms with Crippen molar-refractivity contribution >= 4 is 11.9 Å². The maximum atomic E-state index is 11.6. The van der Waals surface area contributed by atoms with Crippen LogP contribution in [0.3, 0.4) is 0 Å². The molecule has 2 fully saturated rings. The third-order valence-corrected chi connectivity index (χ3v) is 2.58. The largest absolute Gasteiger partial charge is 0.480 e. The van der Waals surface area contributed by atoms with Gasteiger partial charge in [0.05, 0.1) is 0 Å². The predicted molar refractivity (Wildman–Crippen MR) is 48.3 cm³/mol. The quantitative estimate of drug-likeness (QED) is 0.697. The molecule has 78 valence electrons. The molecule has 1 aliphatic heterocycles. The summed E-state index contributed by atoms with van der Waals surface area (Å²) in [6, 6.07) is 0.280. The van der Waals surface area contributed by atoms with E-state index >= 15 is 0 Å². The fourth-order valence-electron chi connectivity index (χ4n) is 1.86. The topological polar surface area (TPSA) is 60.9 Å². The zero-order valence-electron chi connectivity index (χ0n) is 7.98. The normalized spacial score (nSPS) is 24.0. The summed E-state index contributed by atoms with van der Waals surface area (Å²) in [5.41, 5.74) is 0. The van der Waals surface area contributed by atoms with E-state index in [1.165, 1.54) is 0 Å². The van der Waals surface area contributed by atoms with Gasteiger partial charge in [-0.25, -0.2) is 5.01 Å². The molecule has 0 radical (unpaired) electrons. The van der Waals surface area contributed by atoms with Gasteiger partial charge in [0.2, 0.25) is 5.91 Å². The Morgan fingerprint density at radius 1 is 1.50 bits per heavy atom. The van der Waals surface area contributed by atoms with E-state index in [-0.39, 0.29) is 18.5 Å². The number of hydrogen-bond donors (Lipinski definition) is 1. The molecule has 0 aromatic rings. The Morgan fingerprint density at radius 3 is 2.79 bits per heavy atom. The highest BCUT2D eigenvalue weighted by Crippen LogP contribution is 2.30. The molecule has 0 bridgehead atoms. The number of nitrogens with zero attached hydrogens (tertiary/aromatic N) is 2. The molecule has 0 unspecified atom stereocenters. The number of carboxylic acids is 1. The van der Waals surface area contributed by atoms with Crippen molar-refractivity contribution in [3.63, 3.8) is 0 Å². The summed E-state index contributed by atoms with van der Waals surface area (Å²) in [7, 11) is 0. The smallest absolute Gasteiger partial charge is 0.319 e. The standard InChI is InChI=1S/C9H14N2O3/c12-8-2-1-5-10(6-9(13)14)11(8)7-3-4-7/h7H,1-6H2,(H,13,14). The monoisotopic (exact) mass is 198 g/mol. The molecule has 1 N–H and O–H groups in total. The number of carbonyl (C=O) groups is 2. The van der Waals surface area contributed by atoms with E-state index in [9.17, 15) is 9.59 Å². The van der Waals surface area contributed by atoms with Crippen LogP contribution in [0.25, 0.3) is 0 Å². The van der Waals surface area contributed by atoms with Crippen LogP contribution in [0.1, 0.15) is 25.7 Å². The van der Waals surface area contributed by atoms with Gasteiger partial charge in [-0.05, 0) is 19.3 Å². The van der Waals surface area contributed by atoms with Gasteiger partial charge in [-0.3, -0.25) is 14.6 Å². The van der Waals surface area contributed by atoms with Gasteiger partial charge in [0.15, 0.2) is 0 Å². The first-order valence-electron chi connectivity index (χ1n) is 4.97. The number of amides is 1. The number of aliphatic carboxylic acids is 1. The van der Waals surface area contributed by atoms with Crippen molar-refractivity contribution in [3.8, 4) is 0 Å². The molecular formula is C9H14N2O3. The van der Waals surface area contributed by atoms with Crippen LogP contribution < -0.4 is 0 Å². The van der Waals surface area contributed by atoms with E-state index in [4.69, 9.17) is 5.11 Å². The van der Waals surface area contributed by atoms with Gasteiger partial charge in [-0.2, -0.15) is 0 Å². The third kappa shape index (κ3) is 1.87. The van der Waals surface area contributed by atoms with Gasteiger partial charge in [0, 0.05) is 19.0 Å². The molecule has 0 atom stereocenters. The molecule has 0 aromatic heterocycles. The SMILES string of the molecule is O=C(O)CN1CCCC(=O)N1C1CC1. The summed E-state index contributed by atoms with van der Waals surface area (Å²) in [6.07, 6.45) is 3.37. The number of hydrazine groups is 1.